The third kappa shape index (κ3) is 2.60. The number of aryl methyl sites for hydroxylation is 1. The van der Waals surface area contributed by atoms with Gasteiger partial charge in [-0.05, 0) is 41.8 Å². The Hall–Kier alpha value is -2.29. The lowest BCUT2D eigenvalue weighted by molar-refractivity contribution is 0.112. The fourth-order valence-corrected chi connectivity index (χ4v) is 2.09. The number of ether oxygens (including phenoxy) is 2. The molecular formula is C16H16O3. The Labute approximate surface area is 112 Å². The van der Waals surface area contributed by atoms with Crippen LogP contribution in [0.5, 0.6) is 11.5 Å². The molecule has 0 radical (unpaired) electrons. The third-order valence-corrected chi connectivity index (χ3v) is 3.08. The number of hydrogen-bond donors (Lipinski definition) is 0. The molecule has 3 nitrogen and oxygen atoms in total. The highest BCUT2D eigenvalue weighted by atomic mass is 16.5. The molecule has 0 aliphatic rings. The van der Waals surface area contributed by atoms with Crippen molar-refractivity contribution in [2.75, 3.05) is 14.2 Å². The molecular weight excluding hydrogens is 240 g/mol. The number of benzene rings is 2. The first-order chi connectivity index (χ1) is 9.19. The molecule has 0 N–H and O–H groups in total. The van der Waals surface area contributed by atoms with Crippen LogP contribution in [0.2, 0.25) is 0 Å². The fourth-order valence-electron chi connectivity index (χ4n) is 2.09. The van der Waals surface area contributed by atoms with E-state index < -0.39 is 0 Å². The van der Waals surface area contributed by atoms with Crippen molar-refractivity contribution in [2.24, 2.45) is 0 Å². The monoisotopic (exact) mass is 256 g/mol. The van der Waals surface area contributed by atoms with Crippen LogP contribution in [0.4, 0.5) is 0 Å². The van der Waals surface area contributed by atoms with Crippen LogP contribution >= 0.6 is 0 Å². The van der Waals surface area contributed by atoms with E-state index in [1.807, 2.05) is 43.3 Å². The molecule has 0 aliphatic carbocycles. The lowest BCUT2D eigenvalue weighted by Crippen LogP contribution is -1.92. The van der Waals surface area contributed by atoms with Crippen molar-refractivity contribution in [3.8, 4) is 22.6 Å². The molecule has 0 bridgehead atoms. The summed E-state index contributed by atoms with van der Waals surface area (Å²) in [7, 11) is 3.23. The minimum Gasteiger partial charge on any atom is -0.493 e. The van der Waals surface area contributed by atoms with Crippen LogP contribution in [0.15, 0.2) is 36.4 Å². The van der Waals surface area contributed by atoms with Crippen molar-refractivity contribution in [1.29, 1.82) is 0 Å². The summed E-state index contributed by atoms with van der Waals surface area (Å²) in [5, 5.41) is 0. The average molecular weight is 256 g/mol. The maximum Gasteiger partial charge on any atom is 0.161 e. The van der Waals surface area contributed by atoms with Crippen LogP contribution in [0.1, 0.15) is 15.9 Å². The molecule has 0 aliphatic heterocycles. The lowest BCUT2D eigenvalue weighted by Gasteiger charge is -2.11. The van der Waals surface area contributed by atoms with Gasteiger partial charge in [0.2, 0.25) is 0 Å². The summed E-state index contributed by atoms with van der Waals surface area (Å²) in [5.41, 5.74) is 3.85. The van der Waals surface area contributed by atoms with Gasteiger partial charge in [0.15, 0.2) is 11.5 Å². The second-order valence-corrected chi connectivity index (χ2v) is 4.26. The van der Waals surface area contributed by atoms with E-state index in [2.05, 4.69) is 0 Å². The summed E-state index contributed by atoms with van der Waals surface area (Å²) in [6.07, 6.45) is 0.853. The molecule has 2 aromatic rings. The summed E-state index contributed by atoms with van der Waals surface area (Å²) < 4.78 is 10.5. The van der Waals surface area contributed by atoms with Crippen LogP contribution in [-0.2, 0) is 0 Å². The van der Waals surface area contributed by atoms with Crippen LogP contribution in [-0.4, -0.2) is 20.5 Å². The van der Waals surface area contributed by atoms with E-state index in [1.54, 1.807) is 14.2 Å². The number of rotatable bonds is 4. The predicted octanol–water partition coefficient (Wildman–Crippen LogP) is 3.49. The maximum absolute atomic E-state index is 10.8. The first-order valence-electron chi connectivity index (χ1n) is 5.98. The fraction of sp³-hybridized carbons (Fsp3) is 0.188. The quantitative estimate of drug-likeness (QED) is 0.785. The molecule has 98 valence electrons. The predicted molar refractivity (Wildman–Crippen MR) is 75.1 cm³/mol. The first kappa shape index (κ1) is 13.1. The molecule has 0 saturated heterocycles. The van der Waals surface area contributed by atoms with Gasteiger partial charge in [-0.2, -0.15) is 0 Å². The Kier molecular flexibility index (Phi) is 3.85. The van der Waals surface area contributed by atoms with Gasteiger partial charge in [-0.1, -0.05) is 18.2 Å². The van der Waals surface area contributed by atoms with E-state index in [9.17, 15) is 4.79 Å². The molecule has 0 aromatic heterocycles. The molecule has 2 aromatic carbocycles. The van der Waals surface area contributed by atoms with Crippen molar-refractivity contribution in [1.82, 2.24) is 0 Å². The van der Waals surface area contributed by atoms with Crippen LogP contribution in [0.25, 0.3) is 11.1 Å². The molecule has 0 heterocycles. The van der Waals surface area contributed by atoms with E-state index in [-0.39, 0.29) is 0 Å². The van der Waals surface area contributed by atoms with E-state index >= 15 is 0 Å². The second-order valence-electron chi connectivity index (χ2n) is 4.26. The highest BCUT2D eigenvalue weighted by Crippen LogP contribution is 2.33. The molecule has 0 spiro atoms. The third-order valence-electron chi connectivity index (χ3n) is 3.08. The van der Waals surface area contributed by atoms with Gasteiger partial charge >= 0.3 is 0 Å². The maximum atomic E-state index is 10.8. The van der Waals surface area contributed by atoms with Gasteiger partial charge in [-0.15, -0.1) is 0 Å². The van der Waals surface area contributed by atoms with E-state index in [0.29, 0.717) is 17.1 Å². The number of carbonyl (C=O) groups excluding carboxylic acids is 1. The number of aldehydes is 1. The van der Waals surface area contributed by atoms with Gasteiger partial charge < -0.3 is 9.47 Å². The number of hydrogen-bond acceptors (Lipinski definition) is 3. The van der Waals surface area contributed by atoms with Crippen molar-refractivity contribution < 1.29 is 14.3 Å². The number of methoxy groups -OCH3 is 2. The first-order valence-corrected chi connectivity index (χ1v) is 5.98. The van der Waals surface area contributed by atoms with Gasteiger partial charge in [0.1, 0.15) is 6.29 Å². The van der Waals surface area contributed by atoms with Gasteiger partial charge in [0.05, 0.1) is 14.2 Å². The minimum atomic E-state index is 0.682. The highest BCUT2D eigenvalue weighted by Gasteiger charge is 2.08. The highest BCUT2D eigenvalue weighted by molar-refractivity contribution is 5.79. The van der Waals surface area contributed by atoms with Crippen LogP contribution in [0, 0.1) is 6.92 Å². The van der Waals surface area contributed by atoms with Crippen molar-refractivity contribution >= 4 is 6.29 Å². The lowest BCUT2D eigenvalue weighted by atomic mass is 9.98. The summed E-state index contributed by atoms with van der Waals surface area (Å²) in [6, 6.07) is 11.4. The minimum absolute atomic E-state index is 0.682. The van der Waals surface area contributed by atoms with E-state index in [0.717, 1.165) is 23.0 Å². The van der Waals surface area contributed by atoms with Gasteiger partial charge in [-0.25, -0.2) is 0 Å². The summed E-state index contributed by atoms with van der Waals surface area (Å²) in [4.78, 5) is 10.8. The van der Waals surface area contributed by atoms with E-state index in [1.165, 1.54) is 0 Å². The molecule has 3 heteroatoms. The summed E-state index contributed by atoms with van der Waals surface area (Å²) >= 11 is 0. The standard InChI is InChI=1S/C16H16O3/c1-11-8-12(10-17)4-6-14(11)13-5-7-15(18-2)16(9-13)19-3/h4-10H,1-3H3. The van der Waals surface area contributed by atoms with Crippen LogP contribution < -0.4 is 9.47 Å². The zero-order chi connectivity index (χ0) is 13.8. The van der Waals surface area contributed by atoms with Gasteiger partial charge in [0.25, 0.3) is 0 Å². The van der Waals surface area contributed by atoms with Crippen LogP contribution in [0.3, 0.4) is 0 Å². The van der Waals surface area contributed by atoms with E-state index in [4.69, 9.17) is 9.47 Å². The number of carbonyl (C=O) groups is 1. The molecule has 0 atom stereocenters. The van der Waals surface area contributed by atoms with Gasteiger partial charge in [-0.3, -0.25) is 4.79 Å². The zero-order valence-corrected chi connectivity index (χ0v) is 11.3. The Morgan fingerprint density at radius 3 is 2.26 bits per heavy atom. The molecule has 0 fully saturated rings. The van der Waals surface area contributed by atoms with Crippen molar-refractivity contribution in [3.63, 3.8) is 0 Å². The topological polar surface area (TPSA) is 35.5 Å². The summed E-state index contributed by atoms with van der Waals surface area (Å²) in [5.74, 6) is 1.40. The van der Waals surface area contributed by atoms with Gasteiger partial charge in [0, 0.05) is 5.56 Å². The zero-order valence-electron chi connectivity index (χ0n) is 11.3. The SMILES string of the molecule is COc1ccc(-c2ccc(C=O)cc2C)cc1OC. The van der Waals surface area contributed by atoms with Crippen molar-refractivity contribution in [3.05, 3.63) is 47.5 Å². The summed E-state index contributed by atoms with van der Waals surface area (Å²) in [6.45, 7) is 1.99. The second kappa shape index (κ2) is 5.57. The normalized spacial score (nSPS) is 10.1. The molecule has 0 unspecified atom stereocenters. The average Bonchev–Trinajstić information content (AvgIpc) is 2.46. The Balaban J connectivity index is 2.50. The van der Waals surface area contributed by atoms with Crippen molar-refractivity contribution in [2.45, 2.75) is 6.92 Å². The molecule has 0 saturated carbocycles. The molecule has 0 amide bonds. The molecule has 19 heavy (non-hydrogen) atoms. The Morgan fingerprint density at radius 2 is 1.68 bits per heavy atom. The smallest absolute Gasteiger partial charge is 0.161 e. The Morgan fingerprint density at radius 1 is 0.947 bits per heavy atom. The Bertz CT molecular complexity index is 603. The molecule has 2 rings (SSSR count). The largest absolute Gasteiger partial charge is 0.493 e.